The van der Waals surface area contributed by atoms with E-state index in [0.29, 0.717) is 0 Å². The van der Waals surface area contributed by atoms with Crippen LogP contribution in [0.5, 0.6) is 0 Å². The van der Waals surface area contributed by atoms with Gasteiger partial charge in [0.05, 0.1) is 0 Å². The van der Waals surface area contributed by atoms with Crippen LogP contribution >= 0.6 is 0 Å². The summed E-state index contributed by atoms with van der Waals surface area (Å²) < 4.78 is 15.9. The monoisotopic (exact) mass is 434 g/mol. The van der Waals surface area contributed by atoms with Gasteiger partial charge < -0.3 is 0 Å². The molecule has 0 saturated heterocycles. The van der Waals surface area contributed by atoms with Crippen LogP contribution in [0.2, 0.25) is 19.8 Å². The fourth-order valence-corrected chi connectivity index (χ4v) is 30.5. The molecule has 0 atom stereocenters. The van der Waals surface area contributed by atoms with E-state index in [1.807, 2.05) is 14.8 Å². The van der Waals surface area contributed by atoms with Gasteiger partial charge in [0.2, 0.25) is 0 Å². The Balaban J connectivity index is 4.69. The Kier molecular flexibility index (Phi) is 5.90. The average Bonchev–Trinajstić information content (AvgIpc) is 1.73. The first kappa shape index (κ1) is 15.5. The van der Waals surface area contributed by atoms with Crippen molar-refractivity contribution in [3.05, 3.63) is 0 Å². The molecule has 0 amide bonds. The normalized spacial score (nSPS) is 12.1. The Bertz CT molecular complexity index is 242. The minimum atomic E-state index is -3.90. The van der Waals surface area contributed by atoms with Crippen molar-refractivity contribution in [1.82, 2.24) is 0 Å². The standard InChI is InChI=1S/2C2H4O2.4CH3.O.2Sn/c2*1-2(3)4;;;;;;;/h2*1H3,(H,3,4);4*1H3;;;/q;;;;;;;;+2/p-2. The van der Waals surface area contributed by atoms with E-state index >= 15 is 0 Å². The van der Waals surface area contributed by atoms with Crippen LogP contribution in [0.1, 0.15) is 13.8 Å². The van der Waals surface area contributed by atoms with E-state index in [2.05, 4.69) is 0 Å². The fourth-order valence-electron chi connectivity index (χ4n) is 1.14. The van der Waals surface area contributed by atoms with Gasteiger partial charge in [-0.15, -0.1) is 0 Å². The molecular weight excluding hydrogens is 414 g/mol. The zero-order valence-electron chi connectivity index (χ0n) is 10.0. The van der Waals surface area contributed by atoms with Gasteiger partial charge in [-0.05, 0) is 0 Å². The molecule has 0 aliphatic rings. The Labute approximate surface area is 100 Å². The van der Waals surface area contributed by atoms with Crippen LogP contribution in [0.25, 0.3) is 0 Å². The molecule has 88 valence electrons. The van der Waals surface area contributed by atoms with E-state index < -0.39 is 50.3 Å². The van der Waals surface area contributed by atoms with E-state index in [1.165, 1.54) is 13.8 Å². The summed E-state index contributed by atoms with van der Waals surface area (Å²) in [4.78, 5) is 29.5. The van der Waals surface area contributed by atoms with E-state index in [-0.39, 0.29) is 0 Å². The van der Waals surface area contributed by atoms with Crippen molar-refractivity contribution < 1.29 is 17.1 Å². The van der Waals surface area contributed by atoms with Crippen LogP contribution in [-0.2, 0) is 17.1 Å². The van der Waals surface area contributed by atoms with Crippen LogP contribution in [0.15, 0.2) is 0 Å². The summed E-state index contributed by atoms with van der Waals surface area (Å²) in [6.45, 7) is 2.58. The Hall–Kier alpha value is 0.497. The van der Waals surface area contributed by atoms with E-state index in [0.717, 1.165) is 0 Å². The zero-order valence-corrected chi connectivity index (χ0v) is 15.7. The number of hydrogen-bond acceptors (Lipinski definition) is 5. The average molecular weight is 432 g/mol. The second-order valence-electron chi connectivity index (χ2n) is 4.26. The second kappa shape index (κ2) is 5.72. The van der Waals surface area contributed by atoms with Crippen molar-refractivity contribution >= 4 is 50.3 Å². The van der Waals surface area contributed by atoms with Gasteiger partial charge >= 0.3 is 101 Å². The Morgan fingerprint density at radius 1 is 0.867 bits per heavy atom. The predicted molar refractivity (Wildman–Crippen MR) is 59.6 cm³/mol. The number of carbonyl (C=O) groups is 2. The summed E-state index contributed by atoms with van der Waals surface area (Å²) in [7, 11) is 0. The molecule has 0 aromatic rings. The molecular formula is C8H18O5Sn2. The van der Waals surface area contributed by atoms with Gasteiger partial charge in [-0.1, -0.05) is 0 Å². The van der Waals surface area contributed by atoms with Crippen molar-refractivity contribution in [2.24, 2.45) is 0 Å². The molecule has 0 aliphatic carbocycles. The molecule has 0 heterocycles. The quantitative estimate of drug-likeness (QED) is 0.632. The molecule has 15 heavy (non-hydrogen) atoms. The van der Waals surface area contributed by atoms with Gasteiger partial charge in [0.25, 0.3) is 0 Å². The van der Waals surface area contributed by atoms with E-state index in [4.69, 9.17) is 7.56 Å². The topological polar surface area (TPSA) is 61.8 Å². The van der Waals surface area contributed by atoms with Gasteiger partial charge in [0.1, 0.15) is 0 Å². The van der Waals surface area contributed by atoms with Crippen molar-refractivity contribution in [2.75, 3.05) is 0 Å². The maximum absolute atomic E-state index is 10.9. The Morgan fingerprint density at radius 2 is 1.20 bits per heavy atom. The van der Waals surface area contributed by atoms with Crippen molar-refractivity contribution in [2.45, 2.75) is 33.6 Å². The SMILES string of the molecule is CC(=O)[O][Sn]([CH3])([O]C(C)=O)[O][Sn]([CH3])([CH3])[CH3]. The van der Waals surface area contributed by atoms with Crippen molar-refractivity contribution in [3.63, 3.8) is 0 Å². The molecule has 0 fully saturated rings. The summed E-state index contributed by atoms with van der Waals surface area (Å²) >= 11 is -6.50. The minimum absolute atomic E-state index is 0.454. The first-order valence-electron chi connectivity index (χ1n) is 4.63. The van der Waals surface area contributed by atoms with Crippen LogP contribution in [-0.4, -0.2) is 50.3 Å². The molecule has 0 aliphatic heterocycles. The third-order valence-electron chi connectivity index (χ3n) is 1.15. The van der Waals surface area contributed by atoms with E-state index in [9.17, 15) is 9.59 Å². The molecule has 0 aromatic carbocycles. The molecule has 0 rings (SSSR count). The van der Waals surface area contributed by atoms with E-state index in [1.54, 1.807) is 4.94 Å². The van der Waals surface area contributed by atoms with Gasteiger partial charge in [-0.25, -0.2) is 0 Å². The Morgan fingerprint density at radius 3 is 1.40 bits per heavy atom. The number of hydrogen-bond donors (Lipinski definition) is 0. The first-order valence-corrected chi connectivity index (χ1v) is 20.7. The van der Waals surface area contributed by atoms with Crippen molar-refractivity contribution in [1.29, 1.82) is 0 Å². The third-order valence-corrected chi connectivity index (χ3v) is 26.5. The molecule has 0 bridgehead atoms. The first-order chi connectivity index (χ1) is 6.54. The van der Waals surface area contributed by atoms with Gasteiger partial charge in [-0.2, -0.15) is 0 Å². The van der Waals surface area contributed by atoms with Gasteiger partial charge in [0.15, 0.2) is 0 Å². The van der Waals surface area contributed by atoms with Crippen molar-refractivity contribution in [3.8, 4) is 0 Å². The molecule has 0 aromatic heterocycles. The molecule has 0 saturated carbocycles. The van der Waals surface area contributed by atoms with Gasteiger partial charge in [-0.3, -0.25) is 0 Å². The number of carbonyl (C=O) groups excluding carboxylic acids is 2. The predicted octanol–water partition coefficient (Wildman–Crippen LogP) is 1.53. The number of rotatable bonds is 4. The van der Waals surface area contributed by atoms with Crippen LogP contribution in [0.4, 0.5) is 0 Å². The summed E-state index contributed by atoms with van der Waals surface area (Å²) in [5.41, 5.74) is 0. The molecule has 0 spiro atoms. The van der Waals surface area contributed by atoms with Gasteiger partial charge in [0, 0.05) is 0 Å². The summed E-state index contributed by atoms with van der Waals surface area (Å²) in [6, 6.07) is 0. The fraction of sp³-hybridized carbons (Fsp3) is 0.750. The summed E-state index contributed by atoms with van der Waals surface area (Å²) in [5.74, 6) is -0.907. The molecule has 0 N–H and O–H groups in total. The van der Waals surface area contributed by atoms with Crippen LogP contribution in [0, 0.1) is 0 Å². The van der Waals surface area contributed by atoms with Crippen LogP contribution in [0.3, 0.4) is 0 Å². The summed E-state index contributed by atoms with van der Waals surface area (Å²) in [6.07, 6.45) is 0. The zero-order chi connectivity index (χ0) is 12.3. The molecule has 5 nitrogen and oxygen atoms in total. The third kappa shape index (κ3) is 8.32. The van der Waals surface area contributed by atoms with Crippen LogP contribution < -0.4 is 0 Å². The second-order valence-corrected chi connectivity index (χ2v) is 26.9. The maximum atomic E-state index is 10.9. The molecule has 0 unspecified atom stereocenters. The molecule has 7 heteroatoms. The summed E-state index contributed by atoms with van der Waals surface area (Å²) in [5, 5.41) is 0. The molecule has 0 radical (unpaired) electrons.